The molecule has 0 bridgehead atoms. The van der Waals surface area contributed by atoms with Gasteiger partial charge < -0.3 is 0 Å². The lowest BCUT2D eigenvalue weighted by atomic mass is 10.1. The molecule has 1 fully saturated rings. The van der Waals surface area contributed by atoms with Crippen LogP contribution >= 0.6 is 15.9 Å². The van der Waals surface area contributed by atoms with Crippen LogP contribution in [0.4, 0.5) is 0 Å². The smallest absolute Gasteiger partial charge is 0.140 e. The number of rotatable bonds is 3. The Morgan fingerprint density at radius 2 is 2.21 bits per heavy atom. The van der Waals surface area contributed by atoms with Crippen LogP contribution in [0.15, 0.2) is 22.7 Å². The molecule has 0 amide bonds. The highest BCUT2D eigenvalue weighted by Gasteiger charge is 2.28. The Morgan fingerprint density at radius 1 is 1.50 bits per heavy atom. The molecule has 0 atom stereocenters. The van der Waals surface area contributed by atoms with Gasteiger partial charge in [-0.1, -0.05) is 28.1 Å². The van der Waals surface area contributed by atoms with E-state index in [9.17, 15) is 4.79 Å². The van der Waals surface area contributed by atoms with Crippen molar-refractivity contribution in [3.63, 3.8) is 0 Å². The number of carbonyl (C=O) groups excluding carboxylic acids is 1. The Kier molecular flexibility index (Phi) is 2.73. The first-order chi connectivity index (χ1) is 6.66. The first-order valence-electron chi connectivity index (χ1n) is 4.94. The maximum absolute atomic E-state index is 11.6. The molecule has 0 N–H and O–H groups in total. The van der Waals surface area contributed by atoms with E-state index >= 15 is 0 Å². The van der Waals surface area contributed by atoms with E-state index in [-0.39, 0.29) is 0 Å². The van der Waals surface area contributed by atoms with E-state index in [0.717, 1.165) is 22.9 Å². The third kappa shape index (κ3) is 2.24. The van der Waals surface area contributed by atoms with Crippen LogP contribution in [0, 0.1) is 12.8 Å². The normalized spacial score (nSPS) is 15.6. The van der Waals surface area contributed by atoms with Gasteiger partial charge in [-0.3, -0.25) is 4.79 Å². The summed E-state index contributed by atoms with van der Waals surface area (Å²) >= 11 is 3.48. The molecule has 0 spiro atoms. The lowest BCUT2D eigenvalue weighted by Gasteiger charge is -2.02. The highest BCUT2D eigenvalue weighted by atomic mass is 79.9. The van der Waals surface area contributed by atoms with Crippen LogP contribution in [0.1, 0.15) is 24.0 Å². The van der Waals surface area contributed by atoms with Gasteiger partial charge in [-0.15, -0.1) is 0 Å². The number of carbonyl (C=O) groups is 1. The summed E-state index contributed by atoms with van der Waals surface area (Å²) in [6, 6.07) is 6.15. The Hall–Kier alpha value is -0.630. The lowest BCUT2D eigenvalue weighted by molar-refractivity contribution is -0.119. The number of halogens is 1. The van der Waals surface area contributed by atoms with Gasteiger partial charge in [0.15, 0.2) is 0 Å². The third-order valence-electron chi connectivity index (χ3n) is 2.65. The van der Waals surface area contributed by atoms with Crippen molar-refractivity contribution in [2.24, 2.45) is 5.92 Å². The maximum atomic E-state index is 11.6. The van der Waals surface area contributed by atoms with Gasteiger partial charge in [-0.2, -0.15) is 0 Å². The van der Waals surface area contributed by atoms with E-state index in [2.05, 4.69) is 35.0 Å². The average molecular weight is 253 g/mol. The minimum Gasteiger partial charge on any atom is -0.299 e. The van der Waals surface area contributed by atoms with Crippen LogP contribution in [0.25, 0.3) is 0 Å². The van der Waals surface area contributed by atoms with Gasteiger partial charge in [-0.05, 0) is 37.0 Å². The fraction of sp³-hybridized carbons (Fsp3) is 0.417. The zero-order valence-corrected chi connectivity index (χ0v) is 9.80. The summed E-state index contributed by atoms with van der Waals surface area (Å²) in [5.41, 5.74) is 2.34. The van der Waals surface area contributed by atoms with Gasteiger partial charge in [-0.25, -0.2) is 0 Å². The molecule has 1 aliphatic rings. The van der Waals surface area contributed by atoms with Crippen molar-refractivity contribution in [3.8, 4) is 0 Å². The fourth-order valence-corrected chi connectivity index (χ4v) is 1.92. The summed E-state index contributed by atoms with van der Waals surface area (Å²) in [5.74, 6) is 0.774. The first-order valence-corrected chi connectivity index (χ1v) is 5.74. The molecule has 1 aliphatic carbocycles. The molecule has 1 nitrogen and oxygen atoms in total. The molecule has 2 rings (SSSR count). The Morgan fingerprint density at radius 3 is 2.79 bits per heavy atom. The minimum absolute atomic E-state index is 0.370. The van der Waals surface area contributed by atoms with Gasteiger partial charge in [0.25, 0.3) is 0 Å². The standard InChI is InChI=1S/C12H13BrO/c1-8-2-3-9(6-11(8)13)7-12(14)10-4-5-10/h2-3,6,10H,4-5,7H2,1H3. The molecule has 1 saturated carbocycles. The predicted octanol–water partition coefficient (Wildman–Crippen LogP) is 3.28. The Labute approximate surface area is 92.6 Å². The first kappa shape index (κ1) is 9.91. The van der Waals surface area contributed by atoms with E-state index in [1.165, 1.54) is 5.56 Å². The molecule has 1 aromatic rings. The van der Waals surface area contributed by atoms with Gasteiger partial charge in [0.2, 0.25) is 0 Å². The Bertz CT molecular complexity index is 367. The van der Waals surface area contributed by atoms with Crippen LogP contribution in [0.5, 0.6) is 0 Å². The molecule has 74 valence electrons. The van der Waals surface area contributed by atoms with Crippen LogP contribution in [-0.4, -0.2) is 5.78 Å². The Balaban J connectivity index is 2.08. The summed E-state index contributed by atoms with van der Waals surface area (Å²) in [6.45, 7) is 2.05. The summed E-state index contributed by atoms with van der Waals surface area (Å²) in [4.78, 5) is 11.6. The molecule has 0 heterocycles. The minimum atomic E-state index is 0.370. The van der Waals surface area contributed by atoms with Crippen molar-refractivity contribution in [2.45, 2.75) is 26.2 Å². The average Bonchev–Trinajstić information content (AvgIpc) is 2.94. The quantitative estimate of drug-likeness (QED) is 0.807. The van der Waals surface area contributed by atoms with E-state index in [0.29, 0.717) is 18.1 Å². The van der Waals surface area contributed by atoms with Crippen LogP contribution in [0.3, 0.4) is 0 Å². The van der Waals surface area contributed by atoms with Crippen LogP contribution in [0.2, 0.25) is 0 Å². The molecule has 2 heteroatoms. The molecule has 0 radical (unpaired) electrons. The largest absolute Gasteiger partial charge is 0.299 e. The highest BCUT2D eigenvalue weighted by molar-refractivity contribution is 9.10. The molecule has 0 aromatic heterocycles. The van der Waals surface area contributed by atoms with Crippen molar-refractivity contribution in [1.29, 1.82) is 0 Å². The van der Waals surface area contributed by atoms with Crippen molar-refractivity contribution in [2.75, 3.05) is 0 Å². The van der Waals surface area contributed by atoms with Crippen molar-refractivity contribution < 1.29 is 4.79 Å². The molecule has 14 heavy (non-hydrogen) atoms. The number of hydrogen-bond donors (Lipinski definition) is 0. The monoisotopic (exact) mass is 252 g/mol. The number of ketones is 1. The number of Topliss-reactive ketones (excluding diaryl/α,β-unsaturated/α-hetero) is 1. The van der Waals surface area contributed by atoms with Gasteiger partial charge in [0, 0.05) is 16.8 Å². The topological polar surface area (TPSA) is 17.1 Å². The van der Waals surface area contributed by atoms with Crippen molar-refractivity contribution in [3.05, 3.63) is 33.8 Å². The molecule has 0 aliphatic heterocycles. The summed E-state index contributed by atoms with van der Waals surface area (Å²) in [5, 5.41) is 0. The lowest BCUT2D eigenvalue weighted by Crippen LogP contribution is -2.04. The van der Waals surface area contributed by atoms with Crippen molar-refractivity contribution >= 4 is 21.7 Å². The van der Waals surface area contributed by atoms with Crippen LogP contribution < -0.4 is 0 Å². The van der Waals surface area contributed by atoms with Crippen molar-refractivity contribution in [1.82, 2.24) is 0 Å². The van der Waals surface area contributed by atoms with Gasteiger partial charge in [0.1, 0.15) is 5.78 Å². The molecular weight excluding hydrogens is 240 g/mol. The second-order valence-corrected chi connectivity index (χ2v) is 4.86. The summed E-state index contributed by atoms with van der Waals surface area (Å²) < 4.78 is 1.10. The van der Waals surface area contributed by atoms with E-state index in [4.69, 9.17) is 0 Å². The molecule has 0 unspecified atom stereocenters. The van der Waals surface area contributed by atoms with E-state index in [1.807, 2.05) is 6.07 Å². The third-order valence-corrected chi connectivity index (χ3v) is 3.50. The zero-order valence-electron chi connectivity index (χ0n) is 8.22. The van der Waals surface area contributed by atoms with E-state index < -0.39 is 0 Å². The second-order valence-electron chi connectivity index (χ2n) is 4.00. The van der Waals surface area contributed by atoms with Crippen LogP contribution in [-0.2, 0) is 11.2 Å². The summed E-state index contributed by atoms with van der Waals surface area (Å²) in [7, 11) is 0. The molecule has 0 saturated heterocycles. The fourth-order valence-electron chi connectivity index (χ4n) is 1.50. The predicted molar refractivity (Wildman–Crippen MR) is 60.3 cm³/mol. The molecular formula is C12H13BrO. The second kappa shape index (κ2) is 3.85. The highest BCUT2D eigenvalue weighted by Crippen LogP contribution is 2.31. The number of aryl methyl sites for hydroxylation is 1. The van der Waals surface area contributed by atoms with E-state index in [1.54, 1.807) is 0 Å². The van der Waals surface area contributed by atoms with Gasteiger partial charge >= 0.3 is 0 Å². The molecule has 1 aromatic carbocycles. The maximum Gasteiger partial charge on any atom is 0.140 e. The number of benzene rings is 1. The number of hydrogen-bond acceptors (Lipinski definition) is 1. The summed E-state index contributed by atoms with van der Waals surface area (Å²) in [6.07, 6.45) is 2.81. The zero-order chi connectivity index (χ0) is 10.1. The van der Waals surface area contributed by atoms with Gasteiger partial charge in [0.05, 0.1) is 0 Å². The SMILES string of the molecule is Cc1ccc(CC(=O)C2CC2)cc1Br.